The van der Waals surface area contributed by atoms with Crippen LogP contribution in [0.2, 0.25) is 0 Å². The van der Waals surface area contributed by atoms with Crippen molar-refractivity contribution in [3.63, 3.8) is 0 Å². The van der Waals surface area contributed by atoms with E-state index in [-0.39, 0.29) is 0 Å². The van der Waals surface area contributed by atoms with E-state index in [9.17, 15) is 0 Å². The Morgan fingerprint density at radius 3 is 1.59 bits per heavy atom. The van der Waals surface area contributed by atoms with Crippen molar-refractivity contribution in [1.29, 1.82) is 0 Å². The van der Waals surface area contributed by atoms with Gasteiger partial charge in [0.25, 0.3) is 0 Å². The number of para-hydroxylation sites is 1. The Bertz CT molecular complexity index is 1070. The molecule has 144 valence electrons. The van der Waals surface area contributed by atoms with Crippen molar-refractivity contribution in [3.8, 4) is 0 Å². The summed E-state index contributed by atoms with van der Waals surface area (Å²) in [6, 6.07) is 36.5. The summed E-state index contributed by atoms with van der Waals surface area (Å²) in [4.78, 5) is 4.51. The van der Waals surface area contributed by atoms with Crippen molar-refractivity contribution >= 4 is 28.4 Å². The number of nitrogens with zero attached hydrogens (tertiary/aromatic N) is 2. The van der Waals surface area contributed by atoms with Gasteiger partial charge in [-0.3, -0.25) is 0 Å². The lowest BCUT2D eigenvalue weighted by Crippen LogP contribution is -2.12. The molecule has 29 heavy (non-hydrogen) atoms. The smallest absolute Gasteiger partial charge is 0.0463 e. The number of aryl methyl sites for hydroxylation is 2. The molecule has 4 aromatic carbocycles. The fraction of sp³-hybridized carbons (Fsp3) is 0.111. The standard InChI is InChI=1S/C27H26N2/c1-21-12-14-25(15-13-21)29(24-9-5-4-6-10-24)26-18-16-23(17-19-26)28(3)27-11-7-8-22(2)20-27/h4-20H,1-3H3. The Morgan fingerprint density at radius 1 is 0.448 bits per heavy atom. The molecule has 0 radical (unpaired) electrons. The van der Waals surface area contributed by atoms with Gasteiger partial charge in [0.2, 0.25) is 0 Å². The molecule has 0 aliphatic heterocycles. The molecular weight excluding hydrogens is 352 g/mol. The van der Waals surface area contributed by atoms with Crippen LogP contribution in [0.1, 0.15) is 11.1 Å². The van der Waals surface area contributed by atoms with Gasteiger partial charge in [0.1, 0.15) is 0 Å². The van der Waals surface area contributed by atoms with Gasteiger partial charge in [-0.15, -0.1) is 0 Å². The Balaban J connectivity index is 1.69. The van der Waals surface area contributed by atoms with Gasteiger partial charge in [-0.05, 0) is 80.1 Å². The van der Waals surface area contributed by atoms with E-state index in [0.29, 0.717) is 0 Å². The second-order valence-corrected chi connectivity index (χ2v) is 7.42. The lowest BCUT2D eigenvalue weighted by molar-refractivity contribution is 1.19. The molecule has 0 spiro atoms. The maximum atomic E-state index is 2.29. The van der Waals surface area contributed by atoms with Crippen LogP contribution in [-0.4, -0.2) is 7.05 Å². The maximum absolute atomic E-state index is 2.29. The molecular formula is C27H26N2. The van der Waals surface area contributed by atoms with Crippen LogP contribution in [0.3, 0.4) is 0 Å². The van der Waals surface area contributed by atoms with Crippen molar-refractivity contribution in [1.82, 2.24) is 0 Å². The molecule has 0 saturated carbocycles. The average Bonchev–Trinajstić information content (AvgIpc) is 2.76. The highest BCUT2D eigenvalue weighted by atomic mass is 15.1. The fourth-order valence-corrected chi connectivity index (χ4v) is 3.53. The highest BCUT2D eigenvalue weighted by Gasteiger charge is 2.13. The van der Waals surface area contributed by atoms with Crippen molar-refractivity contribution in [2.45, 2.75) is 13.8 Å². The van der Waals surface area contributed by atoms with E-state index in [1.807, 2.05) is 0 Å². The van der Waals surface area contributed by atoms with E-state index >= 15 is 0 Å². The molecule has 4 rings (SSSR count). The van der Waals surface area contributed by atoms with Crippen LogP contribution in [0, 0.1) is 13.8 Å². The molecule has 0 aliphatic rings. The molecule has 0 aliphatic carbocycles. The number of anilines is 5. The van der Waals surface area contributed by atoms with Gasteiger partial charge in [-0.25, -0.2) is 0 Å². The summed E-state index contributed by atoms with van der Waals surface area (Å²) < 4.78 is 0. The van der Waals surface area contributed by atoms with Crippen LogP contribution >= 0.6 is 0 Å². The van der Waals surface area contributed by atoms with Crippen molar-refractivity contribution < 1.29 is 0 Å². The first-order chi connectivity index (χ1) is 14.1. The van der Waals surface area contributed by atoms with E-state index in [1.54, 1.807) is 0 Å². The van der Waals surface area contributed by atoms with Crippen LogP contribution in [0.15, 0.2) is 103 Å². The van der Waals surface area contributed by atoms with Crippen molar-refractivity contribution in [2.24, 2.45) is 0 Å². The predicted octanol–water partition coefficient (Wildman–Crippen LogP) is 7.54. The van der Waals surface area contributed by atoms with Crippen LogP contribution in [0.4, 0.5) is 28.4 Å². The zero-order valence-corrected chi connectivity index (χ0v) is 17.2. The predicted molar refractivity (Wildman–Crippen MR) is 125 cm³/mol. The lowest BCUT2D eigenvalue weighted by Gasteiger charge is -2.27. The average molecular weight is 379 g/mol. The highest BCUT2D eigenvalue weighted by molar-refractivity contribution is 5.78. The van der Waals surface area contributed by atoms with Crippen LogP contribution in [0.25, 0.3) is 0 Å². The van der Waals surface area contributed by atoms with Crippen molar-refractivity contribution in [2.75, 3.05) is 16.8 Å². The van der Waals surface area contributed by atoms with E-state index in [1.165, 1.54) is 16.8 Å². The molecule has 0 aromatic heterocycles. The third kappa shape index (κ3) is 4.17. The monoisotopic (exact) mass is 378 g/mol. The molecule has 0 fully saturated rings. The fourth-order valence-electron chi connectivity index (χ4n) is 3.53. The first-order valence-corrected chi connectivity index (χ1v) is 9.94. The molecule has 0 N–H and O–H groups in total. The zero-order chi connectivity index (χ0) is 20.2. The largest absolute Gasteiger partial charge is 0.345 e. The lowest BCUT2D eigenvalue weighted by atomic mass is 10.1. The molecule has 2 heteroatoms. The molecule has 0 saturated heterocycles. The number of hydrogen-bond donors (Lipinski definition) is 0. The summed E-state index contributed by atoms with van der Waals surface area (Å²) in [6.45, 7) is 4.24. The first-order valence-electron chi connectivity index (χ1n) is 9.94. The van der Waals surface area contributed by atoms with Crippen LogP contribution in [-0.2, 0) is 0 Å². The van der Waals surface area contributed by atoms with Crippen LogP contribution in [0.5, 0.6) is 0 Å². The number of hydrogen-bond acceptors (Lipinski definition) is 2. The molecule has 0 amide bonds. The molecule has 4 aromatic rings. The summed E-state index contributed by atoms with van der Waals surface area (Å²) in [5, 5.41) is 0. The van der Waals surface area contributed by atoms with Gasteiger partial charge in [-0.2, -0.15) is 0 Å². The van der Waals surface area contributed by atoms with Gasteiger partial charge < -0.3 is 9.80 Å². The van der Waals surface area contributed by atoms with Gasteiger partial charge >= 0.3 is 0 Å². The summed E-state index contributed by atoms with van der Waals surface area (Å²) in [5.74, 6) is 0. The topological polar surface area (TPSA) is 6.48 Å². The molecule has 0 unspecified atom stereocenters. The van der Waals surface area contributed by atoms with Gasteiger partial charge in [-0.1, -0.05) is 48.0 Å². The normalized spacial score (nSPS) is 10.6. The quantitative estimate of drug-likeness (QED) is 0.354. The number of benzene rings is 4. The first kappa shape index (κ1) is 18.8. The minimum absolute atomic E-state index is 1.14. The summed E-state index contributed by atoms with van der Waals surface area (Å²) >= 11 is 0. The minimum atomic E-state index is 1.14. The Labute approximate surface area is 173 Å². The van der Waals surface area contributed by atoms with Gasteiger partial charge in [0, 0.05) is 35.5 Å². The number of rotatable bonds is 5. The van der Waals surface area contributed by atoms with Crippen molar-refractivity contribution in [3.05, 3.63) is 114 Å². The Morgan fingerprint density at radius 2 is 0.966 bits per heavy atom. The Kier molecular flexibility index (Phi) is 5.35. The molecule has 0 atom stereocenters. The third-order valence-corrected chi connectivity index (χ3v) is 5.19. The SMILES string of the molecule is Cc1ccc(N(c2ccccc2)c2ccc(N(C)c3cccc(C)c3)cc2)cc1. The second kappa shape index (κ2) is 8.24. The second-order valence-electron chi connectivity index (χ2n) is 7.42. The zero-order valence-electron chi connectivity index (χ0n) is 17.2. The Hall–Kier alpha value is -3.52. The van der Waals surface area contributed by atoms with Gasteiger partial charge in [0.05, 0.1) is 0 Å². The highest BCUT2D eigenvalue weighted by Crippen LogP contribution is 2.36. The van der Waals surface area contributed by atoms with Crippen LogP contribution < -0.4 is 9.80 Å². The van der Waals surface area contributed by atoms with Gasteiger partial charge in [0.15, 0.2) is 0 Å². The minimum Gasteiger partial charge on any atom is -0.345 e. The molecule has 2 nitrogen and oxygen atoms in total. The maximum Gasteiger partial charge on any atom is 0.0463 e. The molecule has 0 bridgehead atoms. The third-order valence-electron chi connectivity index (χ3n) is 5.19. The van der Waals surface area contributed by atoms with E-state index in [2.05, 4.69) is 134 Å². The molecule has 0 heterocycles. The van der Waals surface area contributed by atoms with E-state index in [4.69, 9.17) is 0 Å². The summed E-state index contributed by atoms with van der Waals surface area (Å²) in [5.41, 5.74) is 8.32. The summed E-state index contributed by atoms with van der Waals surface area (Å²) in [6.07, 6.45) is 0. The summed E-state index contributed by atoms with van der Waals surface area (Å²) in [7, 11) is 2.11. The van der Waals surface area contributed by atoms with E-state index < -0.39 is 0 Å². The van der Waals surface area contributed by atoms with E-state index in [0.717, 1.165) is 22.7 Å².